The second-order valence-electron chi connectivity index (χ2n) is 14.2. The largest absolute Gasteiger partial charge is 0.492 e. The van der Waals surface area contributed by atoms with Crippen LogP contribution in [0.25, 0.3) is 10.9 Å². The van der Waals surface area contributed by atoms with Gasteiger partial charge >= 0.3 is 0 Å². The zero-order chi connectivity index (χ0) is 33.2. The van der Waals surface area contributed by atoms with E-state index in [1.807, 2.05) is 35.9 Å². The summed E-state index contributed by atoms with van der Waals surface area (Å²) in [5.74, 6) is 0.923. The second kappa shape index (κ2) is 14.0. The fraction of sp³-hybridized carbons (Fsp3) is 0.541. The molecule has 3 aromatic rings. The van der Waals surface area contributed by atoms with Crippen molar-refractivity contribution in [2.45, 2.75) is 84.2 Å². The molecule has 2 saturated heterocycles. The van der Waals surface area contributed by atoms with Gasteiger partial charge in [-0.05, 0) is 93.0 Å². The number of methoxy groups -OCH3 is 1. The molecule has 2 N–H and O–H groups in total. The number of benzene rings is 2. The quantitative estimate of drug-likeness (QED) is 0.271. The van der Waals surface area contributed by atoms with Crippen molar-refractivity contribution in [3.8, 4) is 5.75 Å². The van der Waals surface area contributed by atoms with E-state index in [9.17, 15) is 14.4 Å². The summed E-state index contributed by atoms with van der Waals surface area (Å²) in [4.78, 5) is 43.8. The summed E-state index contributed by atoms with van der Waals surface area (Å²) in [6.07, 6.45) is 5.23. The SMILES string of the molecule is CCC(=O)Nc1cc(C(C)(C)C)cc(NC(=O)c2cc3cccc(CN4CCC(CC(=O)[C@@H]5CCCN5C)CC4)c3n2C)c1OC. The zero-order valence-electron chi connectivity index (χ0n) is 28.7. The lowest BCUT2D eigenvalue weighted by atomic mass is 9.86. The van der Waals surface area contributed by atoms with Crippen molar-refractivity contribution in [1.82, 2.24) is 14.4 Å². The molecule has 0 aliphatic carbocycles. The van der Waals surface area contributed by atoms with E-state index in [0.717, 1.165) is 68.3 Å². The van der Waals surface area contributed by atoms with Crippen molar-refractivity contribution in [3.05, 3.63) is 53.2 Å². The summed E-state index contributed by atoms with van der Waals surface area (Å²) in [6.45, 7) is 11.8. The third-order valence-corrected chi connectivity index (χ3v) is 9.86. The van der Waals surface area contributed by atoms with Gasteiger partial charge in [0.25, 0.3) is 5.91 Å². The number of anilines is 2. The Labute approximate surface area is 273 Å². The van der Waals surface area contributed by atoms with E-state index < -0.39 is 0 Å². The predicted octanol–water partition coefficient (Wildman–Crippen LogP) is 6.35. The molecule has 0 unspecified atom stereocenters. The molecule has 46 heavy (non-hydrogen) atoms. The van der Waals surface area contributed by atoms with E-state index in [-0.39, 0.29) is 23.3 Å². The van der Waals surface area contributed by atoms with Crippen molar-refractivity contribution in [2.75, 3.05) is 44.4 Å². The number of amides is 2. The number of aromatic nitrogens is 1. The highest BCUT2D eigenvalue weighted by Crippen LogP contribution is 2.39. The number of likely N-dealkylation sites (N-methyl/N-ethyl adjacent to an activating group) is 1. The first kappa shape index (κ1) is 33.7. The van der Waals surface area contributed by atoms with Gasteiger partial charge in [-0.3, -0.25) is 24.2 Å². The lowest BCUT2D eigenvalue weighted by Gasteiger charge is -2.32. The predicted molar refractivity (Wildman–Crippen MR) is 185 cm³/mol. The Balaban J connectivity index is 1.32. The van der Waals surface area contributed by atoms with E-state index in [1.54, 1.807) is 14.0 Å². The smallest absolute Gasteiger partial charge is 0.272 e. The maximum Gasteiger partial charge on any atom is 0.272 e. The van der Waals surface area contributed by atoms with Crippen molar-refractivity contribution in [3.63, 3.8) is 0 Å². The normalized spacial score (nSPS) is 18.2. The molecule has 1 aromatic heterocycles. The van der Waals surface area contributed by atoms with Gasteiger partial charge in [0.15, 0.2) is 5.75 Å². The number of fused-ring (bicyclic) bond motifs is 1. The van der Waals surface area contributed by atoms with Crippen LogP contribution in [-0.4, -0.2) is 71.8 Å². The van der Waals surface area contributed by atoms with Crippen molar-refractivity contribution in [1.29, 1.82) is 0 Å². The number of Topliss-reactive ketones (excluding diaryl/α,β-unsaturated/α-hetero) is 1. The Hall–Kier alpha value is -3.69. The van der Waals surface area contributed by atoms with Gasteiger partial charge in [-0.1, -0.05) is 45.9 Å². The summed E-state index contributed by atoms with van der Waals surface area (Å²) in [6, 6.07) is 12.1. The summed E-state index contributed by atoms with van der Waals surface area (Å²) in [5, 5.41) is 7.04. The van der Waals surface area contributed by atoms with Crippen LogP contribution in [0.15, 0.2) is 36.4 Å². The first-order valence-electron chi connectivity index (χ1n) is 16.8. The first-order valence-corrected chi connectivity index (χ1v) is 16.8. The summed E-state index contributed by atoms with van der Waals surface area (Å²) in [7, 11) is 5.56. The topological polar surface area (TPSA) is 95.9 Å². The van der Waals surface area contributed by atoms with Crippen LogP contribution >= 0.6 is 0 Å². The second-order valence-corrected chi connectivity index (χ2v) is 14.2. The van der Waals surface area contributed by atoms with Gasteiger partial charge in [0.2, 0.25) is 5.91 Å². The molecule has 0 bridgehead atoms. The highest BCUT2D eigenvalue weighted by molar-refractivity contribution is 6.08. The highest BCUT2D eigenvalue weighted by Gasteiger charge is 2.31. The molecule has 2 aliphatic heterocycles. The summed E-state index contributed by atoms with van der Waals surface area (Å²) in [5.41, 5.74) is 4.56. The van der Waals surface area contributed by atoms with E-state index in [1.165, 1.54) is 5.56 Å². The van der Waals surface area contributed by atoms with Crippen LogP contribution in [0.3, 0.4) is 0 Å². The number of nitrogens with one attached hydrogen (secondary N) is 2. The van der Waals surface area contributed by atoms with Crippen LogP contribution in [0.2, 0.25) is 0 Å². The lowest BCUT2D eigenvalue weighted by molar-refractivity contribution is -0.124. The Kier molecular flexibility index (Phi) is 10.2. The van der Waals surface area contributed by atoms with Crippen molar-refractivity contribution in [2.24, 2.45) is 13.0 Å². The van der Waals surface area contributed by atoms with Crippen LogP contribution in [0.4, 0.5) is 11.4 Å². The molecule has 1 atom stereocenters. The van der Waals surface area contributed by atoms with E-state index in [0.29, 0.717) is 47.4 Å². The highest BCUT2D eigenvalue weighted by atomic mass is 16.5. The van der Waals surface area contributed by atoms with Gasteiger partial charge < -0.3 is 19.9 Å². The number of likely N-dealkylation sites (tertiary alicyclic amines) is 2. The number of ketones is 1. The summed E-state index contributed by atoms with van der Waals surface area (Å²) < 4.78 is 7.69. The van der Waals surface area contributed by atoms with Crippen LogP contribution in [0.5, 0.6) is 5.75 Å². The average Bonchev–Trinajstić information content (AvgIpc) is 3.60. The molecule has 0 radical (unpaired) electrons. The van der Waals surface area contributed by atoms with E-state index in [2.05, 4.69) is 60.4 Å². The van der Waals surface area contributed by atoms with Gasteiger partial charge in [0, 0.05) is 31.8 Å². The minimum absolute atomic E-state index is 0.117. The number of ether oxygens (including phenoxy) is 1. The lowest BCUT2D eigenvalue weighted by Crippen LogP contribution is -2.37. The Morgan fingerprint density at radius 3 is 2.26 bits per heavy atom. The molecular weight excluding hydrogens is 578 g/mol. The van der Waals surface area contributed by atoms with Gasteiger partial charge in [-0.15, -0.1) is 0 Å². The number of piperidine rings is 1. The Bertz CT molecular complexity index is 1600. The van der Waals surface area contributed by atoms with Crippen molar-refractivity contribution >= 4 is 39.9 Å². The molecule has 2 aromatic carbocycles. The molecular formula is C37H51N5O4. The third kappa shape index (κ3) is 7.31. The molecule has 9 nitrogen and oxygen atoms in total. The molecule has 9 heteroatoms. The molecule has 0 spiro atoms. The van der Waals surface area contributed by atoms with E-state index in [4.69, 9.17) is 4.74 Å². The Morgan fingerprint density at radius 1 is 0.957 bits per heavy atom. The molecule has 3 heterocycles. The van der Waals surface area contributed by atoms with Gasteiger partial charge in [-0.25, -0.2) is 0 Å². The van der Waals surface area contributed by atoms with Gasteiger partial charge in [-0.2, -0.15) is 0 Å². The number of para-hydroxylation sites is 1. The van der Waals surface area contributed by atoms with Gasteiger partial charge in [0.1, 0.15) is 11.5 Å². The number of carbonyl (C=O) groups is 3. The van der Waals surface area contributed by atoms with E-state index >= 15 is 0 Å². The van der Waals surface area contributed by atoms with Gasteiger partial charge in [0.05, 0.1) is 30.0 Å². The molecule has 5 rings (SSSR count). The van der Waals surface area contributed by atoms with Crippen LogP contribution in [0.1, 0.15) is 87.8 Å². The fourth-order valence-corrected chi connectivity index (χ4v) is 7.07. The first-order chi connectivity index (χ1) is 21.9. The monoisotopic (exact) mass is 629 g/mol. The molecule has 2 aliphatic rings. The minimum Gasteiger partial charge on any atom is -0.492 e. The van der Waals surface area contributed by atoms with Crippen LogP contribution < -0.4 is 15.4 Å². The average molecular weight is 630 g/mol. The number of aryl methyl sites for hydroxylation is 1. The maximum absolute atomic E-state index is 13.8. The third-order valence-electron chi connectivity index (χ3n) is 9.86. The molecule has 2 amide bonds. The number of rotatable bonds is 10. The summed E-state index contributed by atoms with van der Waals surface area (Å²) >= 11 is 0. The van der Waals surface area contributed by atoms with Crippen LogP contribution in [-0.2, 0) is 28.6 Å². The number of hydrogen-bond acceptors (Lipinski definition) is 6. The number of carbonyl (C=O) groups excluding carboxylic acids is 3. The van der Waals surface area contributed by atoms with Crippen LogP contribution in [0, 0.1) is 5.92 Å². The standard InChI is InChI=1S/C37H51N5O4/c1-8-33(44)38-28-21-27(37(2,3)4)22-29(35(28)46-7)39-36(45)31-20-25-11-9-12-26(34(25)41(31)6)23-42-17-14-24(15-18-42)19-32(43)30-13-10-16-40(30)5/h9,11-12,20-22,24,30H,8,10,13-19,23H2,1-7H3,(H,38,44)(H,39,45)/t30-/m0/s1. The maximum atomic E-state index is 13.8. The molecule has 248 valence electrons. The molecule has 2 fully saturated rings. The number of nitrogens with zero attached hydrogens (tertiary/aromatic N) is 3. The fourth-order valence-electron chi connectivity index (χ4n) is 7.07. The zero-order valence-corrected chi connectivity index (χ0v) is 28.7. The van der Waals surface area contributed by atoms with Crippen molar-refractivity contribution < 1.29 is 19.1 Å². The Morgan fingerprint density at radius 2 is 1.65 bits per heavy atom. The molecule has 0 saturated carbocycles. The number of hydrogen-bond donors (Lipinski definition) is 2. The minimum atomic E-state index is -0.250.